The third-order valence-corrected chi connectivity index (χ3v) is 4.52. The Hall–Kier alpha value is -3.68. The van der Waals surface area contributed by atoms with Gasteiger partial charge in [0, 0.05) is 42.5 Å². The molecule has 0 unspecified atom stereocenters. The van der Waals surface area contributed by atoms with E-state index >= 15 is 0 Å². The highest BCUT2D eigenvalue weighted by molar-refractivity contribution is 5.91. The van der Waals surface area contributed by atoms with Gasteiger partial charge in [-0.3, -0.25) is 15.1 Å². The number of oxime groups is 1. The van der Waals surface area contributed by atoms with E-state index in [2.05, 4.69) is 15.5 Å². The van der Waals surface area contributed by atoms with E-state index < -0.39 is 4.92 Å². The van der Waals surface area contributed by atoms with E-state index in [0.717, 1.165) is 53.7 Å². The maximum absolute atomic E-state index is 10.6. The first-order valence-electron chi connectivity index (χ1n) is 9.71. The van der Waals surface area contributed by atoms with Crippen LogP contribution in [0, 0.1) is 10.1 Å². The van der Waals surface area contributed by atoms with Gasteiger partial charge in [-0.2, -0.15) is 0 Å². The normalized spacial score (nSPS) is 11.0. The summed E-state index contributed by atoms with van der Waals surface area (Å²) in [5, 5.41) is 19.0. The smallest absolute Gasteiger partial charge is 0.269 e. The number of pyridine rings is 1. The van der Waals surface area contributed by atoms with Crippen molar-refractivity contribution in [2.75, 3.05) is 19.0 Å². The Kier molecular flexibility index (Phi) is 7.54. The molecule has 0 spiro atoms. The van der Waals surface area contributed by atoms with Crippen LogP contribution in [0.25, 0.3) is 10.9 Å². The zero-order valence-corrected chi connectivity index (χ0v) is 16.8. The third-order valence-electron chi connectivity index (χ3n) is 4.52. The number of ether oxygens (including phenoxy) is 1. The predicted octanol–water partition coefficient (Wildman–Crippen LogP) is 4.94. The molecule has 0 radical (unpaired) electrons. The molecule has 1 aromatic heterocycles. The molecule has 156 valence electrons. The van der Waals surface area contributed by atoms with Crippen LogP contribution < -0.4 is 10.1 Å². The third kappa shape index (κ3) is 5.91. The van der Waals surface area contributed by atoms with Crippen molar-refractivity contribution in [3.05, 3.63) is 70.4 Å². The van der Waals surface area contributed by atoms with E-state index in [1.54, 1.807) is 31.7 Å². The fourth-order valence-corrected chi connectivity index (χ4v) is 2.93. The Morgan fingerprint density at radius 3 is 2.80 bits per heavy atom. The molecule has 0 atom stereocenters. The second-order valence-corrected chi connectivity index (χ2v) is 6.66. The average Bonchev–Trinajstić information content (AvgIpc) is 2.77. The highest BCUT2D eigenvalue weighted by Crippen LogP contribution is 2.27. The number of benzene rings is 2. The van der Waals surface area contributed by atoms with Crippen LogP contribution in [0.4, 0.5) is 11.4 Å². The summed E-state index contributed by atoms with van der Waals surface area (Å²) >= 11 is 0. The van der Waals surface area contributed by atoms with E-state index in [-0.39, 0.29) is 12.3 Å². The number of non-ortho nitro benzene ring substituents is 1. The van der Waals surface area contributed by atoms with E-state index in [4.69, 9.17) is 9.57 Å². The predicted molar refractivity (Wildman–Crippen MR) is 117 cm³/mol. The minimum atomic E-state index is -0.426. The zero-order chi connectivity index (χ0) is 21.2. The molecule has 0 amide bonds. The molecule has 3 aromatic rings. The maximum Gasteiger partial charge on any atom is 0.269 e. The molecule has 0 aliphatic carbocycles. The summed E-state index contributed by atoms with van der Waals surface area (Å²) in [5.74, 6) is 0.801. The maximum atomic E-state index is 10.6. The fourth-order valence-electron chi connectivity index (χ4n) is 2.93. The molecule has 30 heavy (non-hydrogen) atoms. The van der Waals surface area contributed by atoms with Crippen LogP contribution in [0.1, 0.15) is 24.8 Å². The van der Waals surface area contributed by atoms with Gasteiger partial charge in [-0.05, 0) is 49.1 Å². The molecule has 0 fully saturated rings. The summed E-state index contributed by atoms with van der Waals surface area (Å²) in [4.78, 5) is 19.9. The number of fused-ring (bicyclic) bond motifs is 1. The topological polar surface area (TPSA) is 98.9 Å². The summed E-state index contributed by atoms with van der Waals surface area (Å²) in [6.45, 7) is 1.10. The molecule has 2 aromatic carbocycles. The summed E-state index contributed by atoms with van der Waals surface area (Å²) < 4.78 is 5.36. The largest absolute Gasteiger partial charge is 0.497 e. The van der Waals surface area contributed by atoms with Crippen molar-refractivity contribution in [2.24, 2.45) is 5.16 Å². The number of nitro groups is 1. The van der Waals surface area contributed by atoms with Crippen LogP contribution in [0.15, 0.2) is 59.9 Å². The lowest BCUT2D eigenvalue weighted by molar-refractivity contribution is -0.384. The average molecular weight is 408 g/mol. The molecule has 3 rings (SSSR count). The monoisotopic (exact) mass is 408 g/mol. The van der Waals surface area contributed by atoms with Gasteiger partial charge < -0.3 is 14.9 Å². The Morgan fingerprint density at radius 1 is 1.20 bits per heavy atom. The number of hydrogen-bond acceptors (Lipinski definition) is 7. The number of nitro benzene ring substituents is 1. The van der Waals surface area contributed by atoms with Gasteiger partial charge in [0.15, 0.2) is 0 Å². The molecule has 1 N–H and O–H groups in total. The van der Waals surface area contributed by atoms with Crippen molar-refractivity contribution in [3.63, 3.8) is 0 Å². The van der Waals surface area contributed by atoms with Crippen LogP contribution in [-0.4, -0.2) is 29.8 Å². The Morgan fingerprint density at radius 2 is 2.03 bits per heavy atom. The molecule has 0 aliphatic heterocycles. The van der Waals surface area contributed by atoms with Crippen LogP contribution in [0.2, 0.25) is 0 Å². The molecule has 0 saturated carbocycles. The SMILES string of the molecule is COc1cc(NCCCC/C=N/OCc2ccc([N+](=O)[O-])cc2)c2ncccc2c1. The quantitative estimate of drug-likeness (QED) is 0.209. The van der Waals surface area contributed by atoms with E-state index in [1.807, 2.05) is 24.3 Å². The van der Waals surface area contributed by atoms with Crippen LogP contribution in [-0.2, 0) is 11.4 Å². The number of nitrogens with one attached hydrogen (secondary N) is 1. The van der Waals surface area contributed by atoms with Crippen molar-refractivity contribution in [1.82, 2.24) is 4.98 Å². The number of anilines is 1. The number of hydrogen-bond donors (Lipinski definition) is 1. The lowest BCUT2D eigenvalue weighted by atomic mass is 10.1. The van der Waals surface area contributed by atoms with Gasteiger partial charge in [-0.15, -0.1) is 0 Å². The van der Waals surface area contributed by atoms with Gasteiger partial charge in [0.2, 0.25) is 0 Å². The molecule has 8 nitrogen and oxygen atoms in total. The summed E-state index contributed by atoms with van der Waals surface area (Å²) in [5.41, 5.74) is 2.79. The van der Waals surface area contributed by atoms with Gasteiger partial charge in [0.1, 0.15) is 12.4 Å². The minimum Gasteiger partial charge on any atom is -0.497 e. The molecule has 0 bridgehead atoms. The van der Waals surface area contributed by atoms with Gasteiger partial charge in [-0.1, -0.05) is 11.2 Å². The first kappa shape index (κ1) is 21.0. The second kappa shape index (κ2) is 10.8. The van der Waals surface area contributed by atoms with E-state index in [9.17, 15) is 10.1 Å². The van der Waals surface area contributed by atoms with Crippen molar-refractivity contribution in [1.29, 1.82) is 0 Å². The molecule has 0 aliphatic rings. The van der Waals surface area contributed by atoms with Crippen molar-refractivity contribution >= 4 is 28.5 Å². The van der Waals surface area contributed by atoms with Gasteiger partial charge in [0.05, 0.1) is 23.2 Å². The van der Waals surface area contributed by atoms with Crippen molar-refractivity contribution in [3.8, 4) is 5.75 Å². The Labute approximate surface area is 174 Å². The Balaban J connectivity index is 1.36. The Bertz CT molecular complexity index is 1010. The van der Waals surface area contributed by atoms with E-state index in [1.165, 1.54) is 12.1 Å². The lowest BCUT2D eigenvalue weighted by Crippen LogP contribution is -2.03. The van der Waals surface area contributed by atoms with Crippen LogP contribution in [0.3, 0.4) is 0 Å². The molecule has 1 heterocycles. The van der Waals surface area contributed by atoms with E-state index in [0.29, 0.717) is 0 Å². The van der Waals surface area contributed by atoms with Gasteiger partial charge in [-0.25, -0.2) is 0 Å². The number of unbranched alkanes of at least 4 members (excludes halogenated alkanes) is 2. The van der Waals surface area contributed by atoms with Crippen molar-refractivity contribution in [2.45, 2.75) is 25.9 Å². The first-order valence-corrected chi connectivity index (χ1v) is 9.71. The summed E-state index contributed by atoms with van der Waals surface area (Å²) in [6.07, 6.45) is 6.27. The summed E-state index contributed by atoms with van der Waals surface area (Å²) in [6, 6.07) is 14.1. The molecule has 0 saturated heterocycles. The molecular formula is C22H24N4O4. The fraction of sp³-hybridized carbons (Fsp3) is 0.273. The standard InChI is InChI=1S/C22H24N4O4/c1-29-20-14-18-6-5-12-24-22(18)21(15-20)23-11-3-2-4-13-25-30-16-17-7-9-19(10-8-17)26(27)28/h5-10,12-15,23H,2-4,11,16H2,1H3/b25-13+. The molecule has 8 heteroatoms. The number of rotatable bonds is 11. The lowest BCUT2D eigenvalue weighted by Gasteiger charge is -2.11. The summed E-state index contributed by atoms with van der Waals surface area (Å²) in [7, 11) is 1.66. The number of nitrogens with zero attached hydrogens (tertiary/aromatic N) is 3. The van der Waals surface area contributed by atoms with Crippen molar-refractivity contribution < 1.29 is 14.5 Å². The highest BCUT2D eigenvalue weighted by Gasteiger charge is 2.05. The number of aromatic nitrogens is 1. The van der Waals surface area contributed by atoms with Crippen LogP contribution in [0.5, 0.6) is 5.75 Å². The first-order chi connectivity index (χ1) is 14.7. The van der Waals surface area contributed by atoms with Crippen LogP contribution >= 0.6 is 0 Å². The minimum absolute atomic E-state index is 0.0635. The zero-order valence-electron chi connectivity index (χ0n) is 16.8. The van der Waals surface area contributed by atoms with Gasteiger partial charge in [0.25, 0.3) is 5.69 Å². The second-order valence-electron chi connectivity index (χ2n) is 6.66. The highest BCUT2D eigenvalue weighted by atomic mass is 16.6. The molecular weight excluding hydrogens is 384 g/mol. The van der Waals surface area contributed by atoms with Gasteiger partial charge >= 0.3 is 0 Å². The number of methoxy groups -OCH3 is 1.